The summed E-state index contributed by atoms with van der Waals surface area (Å²) in [4.78, 5) is 9.14. The molecule has 1 heterocycles. The van der Waals surface area contributed by atoms with Crippen LogP contribution in [0.15, 0.2) is 35.3 Å². The van der Waals surface area contributed by atoms with Crippen molar-refractivity contribution in [2.24, 2.45) is 4.99 Å². The van der Waals surface area contributed by atoms with Gasteiger partial charge >= 0.3 is 0 Å². The molecule has 0 atom stereocenters. The predicted octanol–water partition coefficient (Wildman–Crippen LogP) is 1.54. The first-order chi connectivity index (χ1) is 11.1. The Morgan fingerprint density at radius 2 is 1.96 bits per heavy atom. The second-order valence-corrected chi connectivity index (χ2v) is 6.37. The van der Waals surface area contributed by atoms with E-state index in [1.54, 1.807) is 0 Å². The highest BCUT2D eigenvalue weighted by Crippen LogP contribution is 2.09. The third kappa shape index (κ3) is 6.59. The molecule has 0 spiro atoms. The summed E-state index contributed by atoms with van der Waals surface area (Å²) in [7, 11) is 4.03. The largest absolute Gasteiger partial charge is 0.393 e. The Morgan fingerprint density at radius 1 is 1.26 bits per heavy atom. The molecule has 0 aliphatic carbocycles. The van der Waals surface area contributed by atoms with E-state index in [1.165, 1.54) is 5.56 Å². The summed E-state index contributed by atoms with van der Waals surface area (Å²) in [5.74, 6) is 0.933. The number of hydrogen-bond donors (Lipinski definition) is 2. The monoisotopic (exact) mass is 318 g/mol. The zero-order valence-corrected chi connectivity index (χ0v) is 14.4. The smallest absolute Gasteiger partial charge is 0.193 e. The lowest BCUT2D eigenvalue weighted by molar-refractivity contribution is 0.0822. The van der Waals surface area contributed by atoms with Crippen molar-refractivity contribution in [3.05, 3.63) is 35.9 Å². The lowest BCUT2D eigenvalue weighted by atomic mass is 10.1. The van der Waals surface area contributed by atoms with Gasteiger partial charge in [-0.1, -0.05) is 30.3 Å². The minimum atomic E-state index is -0.0881. The normalized spacial score (nSPS) is 17.3. The first-order valence-corrected chi connectivity index (χ1v) is 8.55. The van der Waals surface area contributed by atoms with Crippen LogP contribution in [0, 0.1) is 0 Å². The molecule has 0 aromatic heterocycles. The Kier molecular flexibility index (Phi) is 7.36. The van der Waals surface area contributed by atoms with Gasteiger partial charge in [-0.15, -0.1) is 0 Å². The van der Waals surface area contributed by atoms with E-state index in [9.17, 15) is 5.11 Å². The first kappa shape index (κ1) is 17.8. The molecule has 0 amide bonds. The number of rotatable bonds is 6. The Morgan fingerprint density at radius 3 is 2.61 bits per heavy atom. The van der Waals surface area contributed by atoms with Gasteiger partial charge in [0, 0.05) is 33.7 Å². The number of benzene rings is 1. The Labute approximate surface area is 140 Å². The molecule has 0 radical (unpaired) electrons. The van der Waals surface area contributed by atoms with Crippen LogP contribution in [0.1, 0.15) is 24.8 Å². The van der Waals surface area contributed by atoms with Crippen LogP contribution in [-0.4, -0.2) is 67.2 Å². The van der Waals surface area contributed by atoms with Crippen molar-refractivity contribution >= 4 is 5.96 Å². The van der Waals surface area contributed by atoms with Crippen LogP contribution < -0.4 is 5.32 Å². The summed E-state index contributed by atoms with van der Waals surface area (Å²) in [6, 6.07) is 10.3. The number of likely N-dealkylation sites (tertiary alicyclic amines) is 1. The van der Waals surface area contributed by atoms with Gasteiger partial charge in [-0.25, -0.2) is 4.99 Å². The molecule has 1 saturated heterocycles. The second-order valence-electron chi connectivity index (χ2n) is 6.37. The number of aliphatic imine (C=N–C) groups is 1. The average molecular weight is 318 g/mol. The van der Waals surface area contributed by atoms with Gasteiger partial charge in [0.2, 0.25) is 0 Å². The van der Waals surface area contributed by atoms with Crippen LogP contribution in [0.5, 0.6) is 0 Å². The average Bonchev–Trinajstić information content (AvgIpc) is 2.56. The molecule has 5 nitrogen and oxygen atoms in total. The van der Waals surface area contributed by atoms with Gasteiger partial charge in [0.25, 0.3) is 0 Å². The summed E-state index contributed by atoms with van der Waals surface area (Å²) < 4.78 is 0. The zero-order valence-electron chi connectivity index (χ0n) is 14.4. The molecule has 0 unspecified atom stereocenters. The molecular formula is C18H30N4O. The molecular weight excluding hydrogens is 288 g/mol. The van der Waals surface area contributed by atoms with Crippen LogP contribution >= 0.6 is 0 Å². The van der Waals surface area contributed by atoms with E-state index in [0.29, 0.717) is 6.54 Å². The maximum absolute atomic E-state index is 9.53. The van der Waals surface area contributed by atoms with Crippen molar-refractivity contribution in [2.45, 2.75) is 31.9 Å². The lowest BCUT2D eigenvalue weighted by Gasteiger charge is -2.29. The molecule has 23 heavy (non-hydrogen) atoms. The van der Waals surface area contributed by atoms with Gasteiger partial charge in [0.05, 0.1) is 12.6 Å². The highest BCUT2D eigenvalue weighted by Gasteiger charge is 2.16. The van der Waals surface area contributed by atoms with Crippen LogP contribution in [0.2, 0.25) is 0 Å². The molecule has 128 valence electrons. The predicted molar refractivity (Wildman–Crippen MR) is 95.6 cm³/mol. The number of piperidine rings is 1. The Hall–Kier alpha value is -1.59. The van der Waals surface area contributed by atoms with Gasteiger partial charge in [0.15, 0.2) is 5.96 Å². The quantitative estimate of drug-likeness (QED) is 0.475. The lowest BCUT2D eigenvalue weighted by Crippen LogP contribution is -2.40. The highest BCUT2D eigenvalue weighted by atomic mass is 16.3. The molecule has 1 aromatic carbocycles. The fourth-order valence-electron chi connectivity index (χ4n) is 2.75. The minimum Gasteiger partial charge on any atom is -0.393 e. The van der Waals surface area contributed by atoms with Gasteiger partial charge in [0.1, 0.15) is 0 Å². The zero-order chi connectivity index (χ0) is 16.5. The molecule has 1 aromatic rings. The third-order valence-corrected chi connectivity index (χ3v) is 4.17. The minimum absolute atomic E-state index is 0.0881. The fourth-order valence-corrected chi connectivity index (χ4v) is 2.75. The van der Waals surface area contributed by atoms with Gasteiger partial charge in [-0.05, 0) is 31.4 Å². The number of aliphatic hydroxyl groups is 1. The molecule has 2 rings (SSSR count). The molecule has 1 fully saturated rings. The van der Waals surface area contributed by atoms with Crippen LogP contribution in [0.3, 0.4) is 0 Å². The van der Waals surface area contributed by atoms with E-state index in [1.807, 2.05) is 37.2 Å². The third-order valence-electron chi connectivity index (χ3n) is 4.17. The Balaban J connectivity index is 1.70. The van der Waals surface area contributed by atoms with Gasteiger partial charge < -0.3 is 20.2 Å². The van der Waals surface area contributed by atoms with E-state index in [0.717, 1.165) is 51.4 Å². The van der Waals surface area contributed by atoms with Crippen LogP contribution in [0.25, 0.3) is 0 Å². The number of aliphatic hydroxyl groups excluding tert-OH is 1. The molecule has 1 aliphatic rings. The number of guanidine groups is 1. The molecule has 1 aliphatic heterocycles. The molecule has 0 saturated carbocycles. The van der Waals surface area contributed by atoms with Gasteiger partial charge in [-0.3, -0.25) is 0 Å². The Bertz CT molecular complexity index is 467. The van der Waals surface area contributed by atoms with Crippen LogP contribution in [-0.2, 0) is 6.54 Å². The maximum Gasteiger partial charge on any atom is 0.193 e. The summed E-state index contributed by atoms with van der Waals surface area (Å²) in [6.07, 6.45) is 2.83. The number of hydrogen-bond acceptors (Lipinski definition) is 3. The summed E-state index contributed by atoms with van der Waals surface area (Å²) >= 11 is 0. The second kappa shape index (κ2) is 9.53. The van der Waals surface area contributed by atoms with Crippen molar-refractivity contribution in [1.82, 2.24) is 15.1 Å². The topological polar surface area (TPSA) is 51.1 Å². The van der Waals surface area contributed by atoms with Crippen molar-refractivity contribution in [1.29, 1.82) is 0 Å². The standard InChI is InChI=1S/C18H30N4O/c1-21(2)18(20-15-16-7-4-3-5-8-16)19-11-6-12-22-13-9-17(23)10-14-22/h3-5,7-8,17,23H,6,9-15H2,1-2H3,(H,19,20). The van der Waals surface area contributed by atoms with Crippen molar-refractivity contribution in [3.8, 4) is 0 Å². The fraction of sp³-hybridized carbons (Fsp3) is 0.611. The number of nitrogens with zero attached hydrogens (tertiary/aromatic N) is 3. The van der Waals surface area contributed by atoms with Gasteiger partial charge in [-0.2, -0.15) is 0 Å². The molecule has 0 bridgehead atoms. The van der Waals surface area contributed by atoms with Crippen molar-refractivity contribution in [3.63, 3.8) is 0 Å². The SMILES string of the molecule is CN(C)C(=NCc1ccccc1)NCCCN1CCC(O)CC1. The molecule has 5 heteroatoms. The summed E-state index contributed by atoms with van der Waals surface area (Å²) in [5.41, 5.74) is 1.22. The summed E-state index contributed by atoms with van der Waals surface area (Å²) in [5, 5.41) is 13.0. The van der Waals surface area contributed by atoms with Crippen molar-refractivity contribution < 1.29 is 5.11 Å². The van der Waals surface area contributed by atoms with E-state index >= 15 is 0 Å². The van der Waals surface area contributed by atoms with E-state index in [2.05, 4.69) is 27.3 Å². The highest BCUT2D eigenvalue weighted by molar-refractivity contribution is 5.79. The van der Waals surface area contributed by atoms with E-state index in [4.69, 9.17) is 0 Å². The van der Waals surface area contributed by atoms with E-state index in [-0.39, 0.29) is 6.10 Å². The first-order valence-electron chi connectivity index (χ1n) is 8.55. The van der Waals surface area contributed by atoms with E-state index < -0.39 is 0 Å². The molecule has 2 N–H and O–H groups in total. The number of nitrogens with one attached hydrogen (secondary N) is 1. The van der Waals surface area contributed by atoms with Crippen LogP contribution in [0.4, 0.5) is 0 Å². The van der Waals surface area contributed by atoms with Crippen molar-refractivity contribution in [2.75, 3.05) is 40.3 Å². The summed E-state index contributed by atoms with van der Waals surface area (Å²) in [6.45, 7) is 4.74. The maximum atomic E-state index is 9.53.